The minimum absolute atomic E-state index is 0.0486. The number of anilines is 1. The van der Waals surface area contributed by atoms with Crippen molar-refractivity contribution in [3.8, 4) is 11.1 Å². The third-order valence-electron chi connectivity index (χ3n) is 8.21. The molecule has 4 heterocycles. The van der Waals surface area contributed by atoms with Crippen LogP contribution in [0.15, 0.2) is 53.3 Å². The molecule has 3 fully saturated rings. The normalized spacial score (nSPS) is 21.9. The highest BCUT2D eigenvalue weighted by molar-refractivity contribution is 6.31. The van der Waals surface area contributed by atoms with Crippen LogP contribution >= 0.6 is 11.6 Å². The van der Waals surface area contributed by atoms with E-state index in [-0.39, 0.29) is 29.4 Å². The lowest BCUT2D eigenvalue weighted by molar-refractivity contribution is -0.147. The minimum atomic E-state index is -0.326. The summed E-state index contributed by atoms with van der Waals surface area (Å²) < 4.78 is 5.56. The van der Waals surface area contributed by atoms with Crippen LogP contribution in [-0.2, 0) is 14.3 Å². The third-order valence-corrected chi connectivity index (χ3v) is 8.44. The molecular weight excluding hydrogens is 516 g/mol. The fraction of sp³-hybridized carbons (Fsp3) is 0.433. The van der Waals surface area contributed by atoms with Gasteiger partial charge in [0, 0.05) is 67.4 Å². The van der Waals surface area contributed by atoms with Crippen molar-refractivity contribution in [3.63, 3.8) is 0 Å². The van der Waals surface area contributed by atoms with E-state index < -0.39 is 0 Å². The Labute approximate surface area is 232 Å². The minimum Gasteiger partial charge on any atom is -0.368 e. The number of aromatic nitrogens is 1. The Morgan fingerprint density at radius 2 is 1.64 bits per heavy atom. The molecule has 9 heteroatoms. The number of aromatic amines is 1. The molecule has 2 unspecified atom stereocenters. The number of hydrogen-bond acceptors (Lipinski definition) is 5. The average molecular weight is 549 g/mol. The average Bonchev–Trinajstić information content (AvgIpc) is 3.52. The van der Waals surface area contributed by atoms with Gasteiger partial charge in [0.15, 0.2) is 0 Å². The van der Waals surface area contributed by atoms with E-state index in [2.05, 4.69) is 9.88 Å². The molecule has 2 atom stereocenters. The summed E-state index contributed by atoms with van der Waals surface area (Å²) in [5.74, 6) is -0.0600. The highest BCUT2D eigenvalue weighted by Crippen LogP contribution is 2.37. The number of piperidine rings is 1. The number of benzene rings is 2. The smallest absolute Gasteiger partial charge is 0.272 e. The second-order valence-electron chi connectivity index (χ2n) is 10.7. The van der Waals surface area contributed by atoms with Crippen LogP contribution in [0.5, 0.6) is 0 Å². The summed E-state index contributed by atoms with van der Waals surface area (Å²) >= 11 is 6.39. The Morgan fingerprint density at radius 1 is 0.897 bits per heavy atom. The molecule has 2 aromatic carbocycles. The van der Waals surface area contributed by atoms with Crippen molar-refractivity contribution >= 4 is 40.0 Å². The Kier molecular flexibility index (Phi) is 7.32. The SMILES string of the molecule is O=C(C1CCCN(c2c(-c3ccccc3)c3cc(Cl)ccc3[nH]c2=O)C1)N1CCN(C(=O)C2CCCO2)CC1. The van der Waals surface area contributed by atoms with E-state index in [4.69, 9.17) is 16.3 Å². The van der Waals surface area contributed by atoms with E-state index in [1.165, 1.54) is 0 Å². The molecule has 1 aromatic heterocycles. The van der Waals surface area contributed by atoms with Gasteiger partial charge in [0.05, 0.1) is 5.92 Å². The van der Waals surface area contributed by atoms with Gasteiger partial charge in [0.25, 0.3) is 11.5 Å². The van der Waals surface area contributed by atoms with Crippen LogP contribution in [0, 0.1) is 5.92 Å². The predicted molar refractivity (Wildman–Crippen MR) is 152 cm³/mol. The molecule has 39 heavy (non-hydrogen) atoms. The first kappa shape index (κ1) is 25.9. The van der Waals surface area contributed by atoms with E-state index in [1.807, 2.05) is 52.3 Å². The summed E-state index contributed by atoms with van der Waals surface area (Å²) in [6.07, 6.45) is 2.97. The molecule has 6 rings (SSSR count). The Morgan fingerprint density at radius 3 is 2.36 bits per heavy atom. The van der Waals surface area contributed by atoms with E-state index in [9.17, 15) is 14.4 Å². The van der Waals surface area contributed by atoms with E-state index in [1.54, 1.807) is 6.07 Å². The largest absolute Gasteiger partial charge is 0.368 e. The van der Waals surface area contributed by atoms with Crippen LogP contribution in [0.1, 0.15) is 25.7 Å². The summed E-state index contributed by atoms with van der Waals surface area (Å²) in [6, 6.07) is 15.4. The molecular formula is C30H33ClN4O4. The van der Waals surface area contributed by atoms with Gasteiger partial charge in [0.1, 0.15) is 11.8 Å². The summed E-state index contributed by atoms with van der Waals surface area (Å²) in [5, 5.41) is 1.48. The summed E-state index contributed by atoms with van der Waals surface area (Å²) in [7, 11) is 0. The molecule has 3 aliphatic heterocycles. The molecule has 0 spiro atoms. The molecule has 0 bridgehead atoms. The quantitative estimate of drug-likeness (QED) is 0.534. The fourth-order valence-corrected chi connectivity index (χ4v) is 6.39. The zero-order valence-corrected chi connectivity index (χ0v) is 22.7. The van der Waals surface area contributed by atoms with Gasteiger partial charge in [-0.25, -0.2) is 0 Å². The Hall–Kier alpha value is -3.36. The summed E-state index contributed by atoms with van der Waals surface area (Å²) in [4.78, 5) is 48.7. The number of carbonyl (C=O) groups is 2. The van der Waals surface area contributed by atoms with Crippen molar-refractivity contribution in [1.82, 2.24) is 14.8 Å². The maximum Gasteiger partial charge on any atom is 0.272 e. The van der Waals surface area contributed by atoms with Crippen LogP contribution in [0.3, 0.4) is 0 Å². The van der Waals surface area contributed by atoms with Crippen LogP contribution in [0.25, 0.3) is 22.0 Å². The monoisotopic (exact) mass is 548 g/mol. The highest BCUT2D eigenvalue weighted by Gasteiger charge is 2.35. The summed E-state index contributed by atoms with van der Waals surface area (Å²) in [6.45, 7) is 3.93. The van der Waals surface area contributed by atoms with E-state index in [0.717, 1.165) is 47.7 Å². The number of H-pyrrole nitrogens is 1. The second-order valence-corrected chi connectivity index (χ2v) is 11.1. The number of pyridine rings is 1. The lowest BCUT2D eigenvalue weighted by Crippen LogP contribution is -2.55. The van der Waals surface area contributed by atoms with Crippen molar-refractivity contribution in [2.45, 2.75) is 31.8 Å². The van der Waals surface area contributed by atoms with Crippen molar-refractivity contribution < 1.29 is 14.3 Å². The molecule has 3 saturated heterocycles. The van der Waals surface area contributed by atoms with Gasteiger partial charge in [-0.2, -0.15) is 0 Å². The van der Waals surface area contributed by atoms with Crippen LogP contribution in [0.2, 0.25) is 5.02 Å². The number of nitrogens with zero attached hydrogens (tertiary/aromatic N) is 3. The van der Waals surface area contributed by atoms with Crippen LogP contribution < -0.4 is 10.5 Å². The molecule has 0 saturated carbocycles. The lowest BCUT2D eigenvalue weighted by atomic mass is 9.93. The van der Waals surface area contributed by atoms with Gasteiger partial charge >= 0.3 is 0 Å². The van der Waals surface area contributed by atoms with Crippen molar-refractivity contribution in [2.75, 3.05) is 50.8 Å². The number of ether oxygens (including phenoxy) is 1. The topological polar surface area (TPSA) is 86.0 Å². The maximum absolute atomic E-state index is 13.6. The molecule has 2 amide bonds. The zero-order chi connectivity index (χ0) is 26.9. The number of piperazine rings is 1. The zero-order valence-electron chi connectivity index (χ0n) is 21.9. The third kappa shape index (κ3) is 5.15. The molecule has 0 radical (unpaired) electrons. The summed E-state index contributed by atoms with van der Waals surface area (Å²) in [5.41, 5.74) is 2.92. The second kappa shape index (κ2) is 11.0. The van der Waals surface area contributed by atoms with E-state index >= 15 is 0 Å². The fourth-order valence-electron chi connectivity index (χ4n) is 6.22. The van der Waals surface area contributed by atoms with Gasteiger partial charge in [-0.15, -0.1) is 0 Å². The van der Waals surface area contributed by atoms with Crippen molar-refractivity contribution in [1.29, 1.82) is 0 Å². The first-order valence-electron chi connectivity index (χ1n) is 13.8. The van der Waals surface area contributed by atoms with E-state index in [0.29, 0.717) is 56.6 Å². The number of fused-ring (bicyclic) bond motifs is 1. The lowest BCUT2D eigenvalue weighted by Gasteiger charge is -2.40. The van der Waals surface area contributed by atoms with Gasteiger partial charge in [0.2, 0.25) is 5.91 Å². The van der Waals surface area contributed by atoms with Gasteiger partial charge < -0.3 is 24.4 Å². The number of rotatable bonds is 4. The Bertz CT molecular complexity index is 1430. The molecule has 1 N–H and O–H groups in total. The number of hydrogen-bond donors (Lipinski definition) is 1. The van der Waals surface area contributed by atoms with Crippen molar-refractivity contribution in [2.24, 2.45) is 5.92 Å². The molecule has 3 aliphatic rings. The number of nitrogens with one attached hydrogen (secondary N) is 1. The molecule has 0 aliphatic carbocycles. The standard InChI is InChI=1S/C30H33ClN4O4/c31-22-10-11-24-23(18-22)26(20-6-2-1-3-7-20)27(28(36)32-24)35-12-4-8-21(19-35)29(37)33-13-15-34(16-14-33)30(38)25-9-5-17-39-25/h1-3,6-7,10-11,18,21,25H,4-5,8-9,12-17,19H2,(H,32,36). The van der Waals surface area contributed by atoms with Gasteiger partial charge in [-0.1, -0.05) is 41.9 Å². The van der Waals surface area contributed by atoms with Gasteiger partial charge in [-0.05, 0) is 49.4 Å². The van der Waals surface area contributed by atoms with Crippen LogP contribution in [0.4, 0.5) is 5.69 Å². The molecule has 3 aromatic rings. The number of halogens is 1. The first-order chi connectivity index (χ1) is 19.0. The number of carbonyl (C=O) groups excluding carboxylic acids is 2. The number of amides is 2. The predicted octanol–water partition coefficient (Wildman–Crippen LogP) is 3.91. The molecule has 204 valence electrons. The van der Waals surface area contributed by atoms with Crippen molar-refractivity contribution in [3.05, 3.63) is 63.9 Å². The highest BCUT2D eigenvalue weighted by atomic mass is 35.5. The first-order valence-corrected chi connectivity index (χ1v) is 14.2. The Balaban J connectivity index is 1.23. The molecule has 8 nitrogen and oxygen atoms in total. The van der Waals surface area contributed by atoms with Gasteiger partial charge in [-0.3, -0.25) is 14.4 Å². The maximum atomic E-state index is 13.6. The van der Waals surface area contributed by atoms with Crippen LogP contribution in [-0.4, -0.2) is 78.6 Å².